The Balaban J connectivity index is 0. The molecule has 21 heavy (non-hydrogen) atoms. The Hall–Kier alpha value is 0.200. The van der Waals surface area contributed by atoms with Crippen molar-refractivity contribution in [1.82, 2.24) is 0 Å². The van der Waals surface area contributed by atoms with E-state index >= 15 is 0 Å². The Morgan fingerprint density at radius 1 is 0.952 bits per heavy atom. The molecular formula is C16H32CaO4. The molecule has 0 aliphatic rings. The molecule has 0 aromatic heterocycles. The zero-order valence-electron chi connectivity index (χ0n) is 13.3. The van der Waals surface area contributed by atoms with Gasteiger partial charge < -0.3 is 10.2 Å². The number of hydrogen-bond donors (Lipinski definition) is 2. The van der Waals surface area contributed by atoms with Crippen LogP contribution in [-0.2, 0) is 9.59 Å². The van der Waals surface area contributed by atoms with Gasteiger partial charge >= 0.3 is 49.7 Å². The molecule has 0 rings (SSSR count). The van der Waals surface area contributed by atoms with Crippen molar-refractivity contribution in [3.63, 3.8) is 0 Å². The number of carboxylic acids is 2. The fraction of sp³-hybridized carbons (Fsp3) is 0.875. The minimum atomic E-state index is -1.28. The summed E-state index contributed by atoms with van der Waals surface area (Å²) in [5, 5.41) is 18.0. The van der Waals surface area contributed by atoms with E-state index in [9.17, 15) is 9.59 Å². The average molecular weight is 329 g/mol. The van der Waals surface area contributed by atoms with E-state index in [-0.39, 0.29) is 55.5 Å². The predicted octanol–water partition coefficient (Wildman–Crippen LogP) is 3.27. The molecule has 0 fully saturated rings. The van der Waals surface area contributed by atoms with Gasteiger partial charge in [-0.1, -0.05) is 59.8 Å². The monoisotopic (exact) mass is 328 g/mol. The Labute approximate surface area is 158 Å². The first kappa shape index (κ1) is 23.5. The van der Waals surface area contributed by atoms with Crippen LogP contribution in [0, 0.1) is 17.3 Å². The van der Waals surface area contributed by atoms with Gasteiger partial charge in [-0.05, 0) is 24.2 Å². The van der Waals surface area contributed by atoms with E-state index in [1.807, 2.05) is 0 Å². The van der Waals surface area contributed by atoms with Crippen LogP contribution in [0.5, 0.6) is 0 Å². The van der Waals surface area contributed by atoms with Crippen LogP contribution in [0.4, 0.5) is 0 Å². The van der Waals surface area contributed by atoms with Gasteiger partial charge in [0.2, 0.25) is 0 Å². The van der Waals surface area contributed by atoms with Gasteiger partial charge in [0.15, 0.2) is 5.92 Å². The van der Waals surface area contributed by atoms with Crippen molar-refractivity contribution < 1.29 is 19.8 Å². The molecule has 0 amide bonds. The molecule has 4 nitrogen and oxygen atoms in total. The maximum atomic E-state index is 11.0. The SMILES string of the molecule is CCCCCCCC(CC(C(=O)O)C(=O)O)C(C)(C)C.[CaH2]. The molecule has 0 saturated heterocycles. The zero-order chi connectivity index (χ0) is 15.8. The maximum absolute atomic E-state index is 11.0. The second-order valence-electron chi connectivity index (χ2n) is 6.73. The molecule has 0 bridgehead atoms. The first-order valence-corrected chi connectivity index (χ1v) is 7.65. The van der Waals surface area contributed by atoms with Gasteiger partial charge in [-0.25, -0.2) is 0 Å². The predicted molar refractivity (Wildman–Crippen MR) is 88.2 cm³/mol. The van der Waals surface area contributed by atoms with Crippen LogP contribution < -0.4 is 0 Å². The molecular weight excluding hydrogens is 296 g/mol. The zero-order valence-corrected chi connectivity index (χ0v) is 13.3. The number of unbranched alkanes of at least 4 members (excludes halogenated alkanes) is 4. The van der Waals surface area contributed by atoms with Crippen molar-refractivity contribution in [2.24, 2.45) is 17.3 Å². The summed E-state index contributed by atoms with van der Waals surface area (Å²) in [4.78, 5) is 22.1. The van der Waals surface area contributed by atoms with Crippen LogP contribution in [0.1, 0.15) is 72.6 Å². The van der Waals surface area contributed by atoms with Crippen LogP contribution >= 0.6 is 0 Å². The van der Waals surface area contributed by atoms with Crippen LogP contribution in [0.15, 0.2) is 0 Å². The third-order valence-electron chi connectivity index (χ3n) is 4.00. The van der Waals surface area contributed by atoms with Crippen LogP contribution in [-0.4, -0.2) is 59.9 Å². The summed E-state index contributed by atoms with van der Waals surface area (Å²) >= 11 is 0. The number of rotatable bonds is 10. The quantitative estimate of drug-likeness (QED) is 0.367. The fourth-order valence-corrected chi connectivity index (χ4v) is 2.49. The molecule has 2 N–H and O–H groups in total. The third kappa shape index (κ3) is 10.5. The standard InChI is InChI=1S/C16H30O4.Ca.2H/c1-5-6-7-8-9-10-12(16(2,3)4)11-13(14(17)18)15(19)20;;;/h12-13H,5-11H2,1-4H3,(H,17,18)(H,19,20);;;. The molecule has 5 heteroatoms. The molecule has 0 aliphatic carbocycles. The normalized spacial score (nSPS) is 12.8. The van der Waals surface area contributed by atoms with E-state index in [2.05, 4.69) is 27.7 Å². The summed E-state index contributed by atoms with van der Waals surface area (Å²) < 4.78 is 0. The van der Waals surface area contributed by atoms with Gasteiger partial charge in [0, 0.05) is 0 Å². The number of hydrogen-bond acceptors (Lipinski definition) is 2. The van der Waals surface area contributed by atoms with Crippen molar-refractivity contribution in [1.29, 1.82) is 0 Å². The molecule has 1 unspecified atom stereocenters. The summed E-state index contributed by atoms with van der Waals surface area (Å²) in [6.07, 6.45) is 6.95. The van der Waals surface area contributed by atoms with Gasteiger partial charge in [-0.3, -0.25) is 9.59 Å². The van der Waals surface area contributed by atoms with Gasteiger partial charge in [0.1, 0.15) is 0 Å². The van der Waals surface area contributed by atoms with Gasteiger partial charge in [-0.2, -0.15) is 0 Å². The fourth-order valence-electron chi connectivity index (χ4n) is 2.49. The summed E-state index contributed by atoms with van der Waals surface area (Å²) in [5.74, 6) is -3.60. The van der Waals surface area contributed by atoms with E-state index in [0.717, 1.165) is 19.3 Å². The van der Waals surface area contributed by atoms with Crippen molar-refractivity contribution in [3.8, 4) is 0 Å². The van der Waals surface area contributed by atoms with Crippen LogP contribution in [0.2, 0.25) is 0 Å². The summed E-state index contributed by atoms with van der Waals surface area (Å²) in [5.41, 5.74) is -0.0616. The average Bonchev–Trinajstić information content (AvgIpc) is 2.29. The molecule has 0 spiro atoms. The van der Waals surface area contributed by atoms with Gasteiger partial charge in [-0.15, -0.1) is 0 Å². The van der Waals surface area contributed by atoms with E-state index in [4.69, 9.17) is 10.2 Å². The van der Waals surface area contributed by atoms with Crippen LogP contribution in [0.3, 0.4) is 0 Å². The molecule has 0 aromatic rings. The third-order valence-corrected chi connectivity index (χ3v) is 4.00. The molecule has 0 aliphatic heterocycles. The van der Waals surface area contributed by atoms with E-state index in [1.165, 1.54) is 19.3 Å². The minimum absolute atomic E-state index is 0. The van der Waals surface area contributed by atoms with E-state index in [0.29, 0.717) is 0 Å². The Morgan fingerprint density at radius 3 is 1.81 bits per heavy atom. The van der Waals surface area contributed by atoms with Crippen molar-refractivity contribution in [2.75, 3.05) is 0 Å². The van der Waals surface area contributed by atoms with Crippen LogP contribution in [0.25, 0.3) is 0 Å². The first-order chi connectivity index (χ1) is 9.20. The molecule has 1 atom stereocenters. The first-order valence-electron chi connectivity index (χ1n) is 7.65. The van der Waals surface area contributed by atoms with Crippen molar-refractivity contribution >= 4 is 49.7 Å². The van der Waals surface area contributed by atoms with Crippen molar-refractivity contribution in [2.45, 2.75) is 72.6 Å². The summed E-state index contributed by atoms with van der Waals surface area (Å²) in [7, 11) is 0. The van der Waals surface area contributed by atoms with Crippen molar-refractivity contribution in [3.05, 3.63) is 0 Å². The number of aliphatic carboxylic acids is 2. The van der Waals surface area contributed by atoms with E-state index in [1.54, 1.807) is 0 Å². The topological polar surface area (TPSA) is 74.6 Å². The van der Waals surface area contributed by atoms with Gasteiger partial charge in [0.05, 0.1) is 0 Å². The van der Waals surface area contributed by atoms with E-state index < -0.39 is 17.9 Å². The van der Waals surface area contributed by atoms with Gasteiger partial charge in [0.25, 0.3) is 0 Å². The molecule has 0 radical (unpaired) electrons. The molecule has 0 aromatic carbocycles. The molecule has 0 heterocycles. The molecule has 0 saturated carbocycles. The molecule has 122 valence electrons. The number of carbonyl (C=O) groups is 2. The summed E-state index contributed by atoms with van der Waals surface area (Å²) in [6.45, 7) is 8.35. The summed E-state index contributed by atoms with van der Waals surface area (Å²) in [6, 6.07) is 0. The second kappa shape index (κ2) is 11.7. The Kier molecular flexibility index (Phi) is 13.1. The number of carboxylic acid groups (broad SMARTS) is 2. The Morgan fingerprint density at radius 2 is 1.43 bits per heavy atom. The second-order valence-corrected chi connectivity index (χ2v) is 6.73. The Bertz CT molecular complexity index is 296.